The first-order chi connectivity index (χ1) is 10.2. The van der Waals surface area contributed by atoms with E-state index in [9.17, 15) is 4.79 Å². The number of hydrogen-bond acceptors (Lipinski definition) is 3. The van der Waals surface area contributed by atoms with Crippen LogP contribution < -0.4 is 9.64 Å². The third-order valence-corrected chi connectivity index (χ3v) is 4.17. The van der Waals surface area contributed by atoms with E-state index in [2.05, 4.69) is 24.0 Å². The van der Waals surface area contributed by atoms with E-state index >= 15 is 0 Å². The van der Waals surface area contributed by atoms with Crippen molar-refractivity contribution in [3.8, 4) is 5.75 Å². The van der Waals surface area contributed by atoms with Crippen molar-refractivity contribution in [2.45, 2.75) is 26.7 Å². The summed E-state index contributed by atoms with van der Waals surface area (Å²) in [6, 6.07) is 8.12. The molecule has 0 saturated carbocycles. The lowest BCUT2D eigenvalue weighted by molar-refractivity contribution is -0.135. The molecule has 0 aromatic heterocycles. The van der Waals surface area contributed by atoms with Gasteiger partial charge in [-0.25, -0.2) is 0 Å². The van der Waals surface area contributed by atoms with Gasteiger partial charge in [0.1, 0.15) is 5.75 Å². The van der Waals surface area contributed by atoms with Crippen molar-refractivity contribution in [2.75, 3.05) is 38.2 Å². The molecule has 116 valence electrons. The number of rotatable bonds is 5. The normalized spacial score (nSPS) is 16.7. The van der Waals surface area contributed by atoms with Gasteiger partial charge in [0.15, 0.2) is 0 Å². The second kappa shape index (κ2) is 7.34. The number of amides is 1. The quantitative estimate of drug-likeness (QED) is 0.836. The Kier molecular flexibility index (Phi) is 5.48. The highest BCUT2D eigenvalue weighted by Crippen LogP contribution is 2.21. The first-order valence-corrected chi connectivity index (χ1v) is 7.83. The summed E-state index contributed by atoms with van der Waals surface area (Å²) in [7, 11) is 1.68. The van der Waals surface area contributed by atoms with E-state index in [0.29, 0.717) is 5.91 Å². The SMILES string of the molecule is CCCC(C)C(=O)N1CCN(c2ccc(OC)cc2)CC1. The Bertz CT molecular complexity index is 450. The topological polar surface area (TPSA) is 32.8 Å². The van der Waals surface area contributed by atoms with E-state index in [-0.39, 0.29) is 5.92 Å². The van der Waals surface area contributed by atoms with Crippen LogP contribution in [0.4, 0.5) is 5.69 Å². The number of carbonyl (C=O) groups is 1. The highest BCUT2D eigenvalue weighted by atomic mass is 16.5. The van der Waals surface area contributed by atoms with Crippen LogP contribution in [0.25, 0.3) is 0 Å². The molecule has 1 unspecified atom stereocenters. The zero-order valence-electron chi connectivity index (χ0n) is 13.3. The molecular weight excluding hydrogens is 264 g/mol. The average Bonchev–Trinajstić information content (AvgIpc) is 2.54. The molecule has 1 aliphatic rings. The molecule has 0 radical (unpaired) electrons. The van der Waals surface area contributed by atoms with Crippen LogP contribution in [0.5, 0.6) is 5.75 Å². The van der Waals surface area contributed by atoms with Gasteiger partial charge in [0.2, 0.25) is 5.91 Å². The summed E-state index contributed by atoms with van der Waals surface area (Å²) in [5, 5.41) is 0. The van der Waals surface area contributed by atoms with Crippen LogP contribution in [0.3, 0.4) is 0 Å². The fourth-order valence-corrected chi connectivity index (χ4v) is 2.85. The molecule has 0 aliphatic carbocycles. The van der Waals surface area contributed by atoms with Crippen molar-refractivity contribution in [1.82, 2.24) is 4.90 Å². The highest BCUT2D eigenvalue weighted by Gasteiger charge is 2.24. The molecule has 1 heterocycles. The molecule has 4 nitrogen and oxygen atoms in total. The van der Waals surface area contributed by atoms with Crippen molar-refractivity contribution >= 4 is 11.6 Å². The molecule has 4 heteroatoms. The van der Waals surface area contributed by atoms with Crippen molar-refractivity contribution < 1.29 is 9.53 Å². The summed E-state index contributed by atoms with van der Waals surface area (Å²) in [6.07, 6.45) is 2.05. The Morgan fingerprint density at radius 3 is 2.33 bits per heavy atom. The largest absolute Gasteiger partial charge is 0.497 e. The molecule has 21 heavy (non-hydrogen) atoms. The smallest absolute Gasteiger partial charge is 0.225 e. The molecule has 0 spiro atoms. The third kappa shape index (κ3) is 3.90. The Labute approximate surface area is 127 Å². The Morgan fingerprint density at radius 2 is 1.81 bits per heavy atom. The number of anilines is 1. The number of ether oxygens (including phenoxy) is 1. The fourth-order valence-electron chi connectivity index (χ4n) is 2.85. The van der Waals surface area contributed by atoms with Crippen LogP contribution >= 0.6 is 0 Å². The Balaban J connectivity index is 1.89. The maximum absolute atomic E-state index is 12.3. The van der Waals surface area contributed by atoms with Crippen LogP contribution in [-0.2, 0) is 4.79 Å². The second-order valence-corrected chi connectivity index (χ2v) is 5.70. The first kappa shape index (κ1) is 15.7. The van der Waals surface area contributed by atoms with Crippen LogP contribution in [0.1, 0.15) is 26.7 Å². The fraction of sp³-hybridized carbons (Fsp3) is 0.588. The molecule has 1 atom stereocenters. The summed E-state index contributed by atoms with van der Waals surface area (Å²) in [5.41, 5.74) is 1.20. The van der Waals surface area contributed by atoms with Gasteiger partial charge in [-0.15, -0.1) is 0 Å². The minimum Gasteiger partial charge on any atom is -0.497 e. The number of nitrogens with zero attached hydrogens (tertiary/aromatic N) is 2. The number of methoxy groups -OCH3 is 1. The summed E-state index contributed by atoms with van der Waals surface area (Å²) >= 11 is 0. The predicted octanol–water partition coefficient (Wildman–Crippen LogP) is 2.78. The average molecular weight is 290 g/mol. The van der Waals surface area contributed by atoms with Gasteiger partial charge in [-0.1, -0.05) is 20.3 Å². The molecule has 1 fully saturated rings. The maximum atomic E-state index is 12.3. The minimum absolute atomic E-state index is 0.155. The van der Waals surface area contributed by atoms with E-state index in [4.69, 9.17) is 4.74 Å². The van der Waals surface area contributed by atoms with Crippen LogP contribution in [0.2, 0.25) is 0 Å². The van der Waals surface area contributed by atoms with Crippen molar-refractivity contribution in [2.24, 2.45) is 5.92 Å². The standard InChI is InChI=1S/C17H26N2O2/c1-4-5-14(2)17(20)19-12-10-18(11-13-19)15-6-8-16(21-3)9-7-15/h6-9,14H,4-5,10-13H2,1-3H3. The van der Waals surface area contributed by atoms with Gasteiger partial charge in [-0.3, -0.25) is 4.79 Å². The zero-order valence-corrected chi connectivity index (χ0v) is 13.3. The summed E-state index contributed by atoms with van der Waals surface area (Å²) in [4.78, 5) is 16.6. The van der Waals surface area contributed by atoms with Gasteiger partial charge in [-0.2, -0.15) is 0 Å². The summed E-state index contributed by atoms with van der Waals surface area (Å²) in [5.74, 6) is 1.34. The molecule has 0 N–H and O–H groups in total. The van der Waals surface area contributed by atoms with E-state index in [0.717, 1.165) is 44.8 Å². The molecule has 0 bridgehead atoms. The highest BCUT2D eigenvalue weighted by molar-refractivity contribution is 5.78. The second-order valence-electron chi connectivity index (χ2n) is 5.70. The molecule has 1 aliphatic heterocycles. The van der Waals surface area contributed by atoms with E-state index in [1.807, 2.05) is 24.0 Å². The summed E-state index contributed by atoms with van der Waals surface area (Å²) < 4.78 is 5.18. The van der Waals surface area contributed by atoms with Crippen LogP contribution in [0, 0.1) is 5.92 Å². The van der Waals surface area contributed by atoms with Gasteiger partial charge < -0.3 is 14.5 Å². The summed E-state index contributed by atoms with van der Waals surface area (Å²) in [6.45, 7) is 7.61. The van der Waals surface area contributed by atoms with Gasteiger partial charge >= 0.3 is 0 Å². The lowest BCUT2D eigenvalue weighted by Crippen LogP contribution is -2.50. The molecule has 1 aromatic carbocycles. The number of piperazine rings is 1. The van der Waals surface area contributed by atoms with E-state index in [1.54, 1.807) is 7.11 Å². The first-order valence-electron chi connectivity index (χ1n) is 7.83. The molecule has 1 aromatic rings. The minimum atomic E-state index is 0.155. The van der Waals surface area contributed by atoms with Crippen LogP contribution in [-0.4, -0.2) is 44.1 Å². The van der Waals surface area contributed by atoms with Crippen LogP contribution in [0.15, 0.2) is 24.3 Å². The van der Waals surface area contributed by atoms with Crippen molar-refractivity contribution in [1.29, 1.82) is 0 Å². The zero-order chi connectivity index (χ0) is 15.2. The number of hydrogen-bond donors (Lipinski definition) is 0. The van der Waals surface area contributed by atoms with E-state index < -0.39 is 0 Å². The molecule has 1 amide bonds. The Morgan fingerprint density at radius 1 is 1.19 bits per heavy atom. The van der Waals surface area contributed by atoms with Crippen molar-refractivity contribution in [3.63, 3.8) is 0 Å². The number of carbonyl (C=O) groups excluding carboxylic acids is 1. The third-order valence-electron chi connectivity index (χ3n) is 4.17. The maximum Gasteiger partial charge on any atom is 0.225 e. The van der Waals surface area contributed by atoms with Gasteiger partial charge in [-0.05, 0) is 30.7 Å². The molecule has 1 saturated heterocycles. The monoisotopic (exact) mass is 290 g/mol. The van der Waals surface area contributed by atoms with E-state index in [1.165, 1.54) is 5.69 Å². The van der Waals surface area contributed by atoms with Gasteiger partial charge in [0.25, 0.3) is 0 Å². The van der Waals surface area contributed by atoms with Crippen molar-refractivity contribution in [3.05, 3.63) is 24.3 Å². The van der Waals surface area contributed by atoms with Gasteiger partial charge in [0, 0.05) is 37.8 Å². The number of benzene rings is 1. The lowest BCUT2D eigenvalue weighted by Gasteiger charge is -2.37. The van der Waals surface area contributed by atoms with Gasteiger partial charge in [0.05, 0.1) is 7.11 Å². The Hall–Kier alpha value is -1.71. The predicted molar refractivity (Wildman–Crippen MR) is 85.9 cm³/mol. The molecular formula is C17H26N2O2. The lowest BCUT2D eigenvalue weighted by atomic mass is 10.0. The molecule has 2 rings (SSSR count).